The molecule has 1 fully saturated rings. The molecular formula is C15H22N2O3. The Labute approximate surface area is 119 Å². The van der Waals surface area contributed by atoms with Crippen LogP contribution < -0.4 is 25.3 Å². The summed E-state index contributed by atoms with van der Waals surface area (Å²) in [5.41, 5.74) is 6.99. The minimum absolute atomic E-state index is 0.122. The van der Waals surface area contributed by atoms with E-state index in [-0.39, 0.29) is 12.8 Å². The van der Waals surface area contributed by atoms with Gasteiger partial charge in [0.2, 0.25) is 12.5 Å². The predicted octanol–water partition coefficient (Wildman–Crippen LogP) is 1.81. The highest BCUT2D eigenvalue weighted by Gasteiger charge is 2.24. The first-order chi connectivity index (χ1) is 9.81. The monoisotopic (exact) mass is 278 g/mol. The lowest BCUT2D eigenvalue weighted by molar-refractivity contribution is 0.171. The van der Waals surface area contributed by atoms with Gasteiger partial charge in [0.1, 0.15) is 0 Å². The molecule has 1 unspecified atom stereocenters. The number of ether oxygens (including phenoxy) is 3. The number of hydrogen-bond donors (Lipinski definition) is 2. The zero-order valence-electron chi connectivity index (χ0n) is 11.9. The Morgan fingerprint density at radius 3 is 2.95 bits per heavy atom. The van der Waals surface area contributed by atoms with Gasteiger partial charge in [0.15, 0.2) is 11.5 Å². The van der Waals surface area contributed by atoms with Crippen molar-refractivity contribution in [2.75, 3.05) is 27.0 Å². The summed E-state index contributed by atoms with van der Waals surface area (Å²) in [6.07, 6.45) is 4.00. The minimum atomic E-state index is 0.122. The zero-order valence-corrected chi connectivity index (χ0v) is 11.9. The smallest absolute Gasteiger partial charge is 0.231 e. The van der Waals surface area contributed by atoms with Crippen molar-refractivity contribution in [1.82, 2.24) is 5.32 Å². The largest absolute Gasteiger partial charge is 0.493 e. The Morgan fingerprint density at radius 1 is 1.40 bits per heavy atom. The highest BCUT2D eigenvalue weighted by molar-refractivity contribution is 5.55. The highest BCUT2D eigenvalue weighted by Crippen LogP contribution is 2.43. The average molecular weight is 278 g/mol. The highest BCUT2D eigenvalue weighted by atomic mass is 16.7. The molecule has 0 radical (unpaired) electrons. The molecule has 5 nitrogen and oxygen atoms in total. The Kier molecular flexibility index (Phi) is 3.98. The maximum atomic E-state index is 5.90. The van der Waals surface area contributed by atoms with E-state index in [1.165, 1.54) is 19.3 Å². The predicted molar refractivity (Wildman–Crippen MR) is 76.3 cm³/mol. The number of nitrogens with one attached hydrogen (secondary N) is 1. The van der Waals surface area contributed by atoms with Gasteiger partial charge in [0, 0.05) is 12.6 Å². The van der Waals surface area contributed by atoms with Crippen LogP contribution in [0.1, 0.15) is 30.9 Å². The van der Waals surface area contributed by atoms with E-state index < -0.39 is 0 Å². The Balaban J connectivity index is 1.72. The third-order valence-corrected chi connectivity index (χ3v) is 3.96. The van der Waals surface area contributed by atoms with Crippen molar-refractivity contribution in [1.29, 1.82) is 0 Å². The molecule has 5 heteroatoms. The molecular weight excluding hydrogens is 256 g/mol. The second-order valence-electron chi connectivity index (χ2n) is 5.43. The van der Waals surface area contributed by atoms with Crippen molar-refractivity contribution in [2.24, 2.45) is 11.7 Å². The van der Waals surface area contributed by atoms with Gasteiger partial charge in [0.25, 0.3) is 0 Å². The summed E-state index contributed by atoms with van der Waals surface area (Å²) in [6, 6.07) is 4.10. The molecule has 2 aliphatic rings. The van der Waals surface area contributed by atoms with Crippen molar-refractivity contribution in [3.8, 4) is 17.2 Å². The molecule has 1 aliphatic carbocycles. The molecule has 20 heavy (non-hydrogen) atoms. The molecule has 0 saturated heterocycles. The number of methoxy groups -OCH3 is 1. The Hall–Kier alpha value is -1.46. The summed E-state index contributed by atoms with van der Waals surface area (Å²) >= 11 is 0. The molecule has 1 aromatic carbocycles. The minimum Gasteiger partial charge on any atom is -0.493 e. The quantitative estimate of drug-likeness (QED) is 0.796. The van der Waals surface area contributed by atoms with Gasteiger partial charge in [-0.05, 0) is 36.6 Å². The van der Waals surface area contributed by atoms with Crippen LogP contribution in [-0.4, -0.2) is 27.0 Å². The fourth-order valence-corrected chi connectivity index (χ4v) is 2.56. The second-order valence-corrected chi connectivity index (χ2v) is 5.43. The summed E-state index contributed by atoms with van der Waals surface area (Å²) in [4.78, 5) is 0. The van der Waals surface area contributed by atoms with E-state index >= 15 is 0 Å². The molecule has 0 aromatic heterocycles. The van der Waals surface area contributed by atoms with Crippen LogP contribution in [0.25, 0.3) is 0 Å². The SMILES string of the molecule is COc1cc(C(CN)NCCC2CC2)cc2c1OCO2. The first-order valence-corrected chi connectivity index (χ1v) is 7.22. The molecule has 1 atom stereocenters. The molecule has 0 spiro atoms. The van der Waals surface area contributed by atoms with Crippen LogP contribution in [0.2, 0.25) is 0 Å². The number of nitrogens with two attached hydrogens (primary N) is 1. The van der Waals surface area contributed by atoms with Gasteiger partial charge in [-0.3, -0.25) is 0 Å². The first-order valence-electron chi connectivity index (χ1n) is 7.22. The molecule has 0 amide bonds. The van der Waals surface area contributed by atoms with Crippen LogP contribution in [0, 0.1) is 5.92 Å². The van der Waals surface area contributed by atoms with Gasteiger partial charge in [-0.15, -0.1) is 0 Å². The summed E-state index contributed by atoms with van der Waals surface area (Å²) in [7, 11) is 1.64. The molecule has 1 aromatic rings. The van der Waals surface area contributed by atoms with E-state index in [2.05, 4.69) is 5.32 Å². The summed E-state index contributed by atoms with van der Waals surface area (Å²) in [5.74, 6) is 3.05. The van der Waals surface area contributed by atoms with Gasteiger partial charge in [0.05, 0.1) is 7.11 Å². The lowest BCUT2D eigenvalue weighted by Crippen LogP contribution is -2.29. The van der Waals surface area contributed by atoms with Crippen molar-refractivity contribution in [2.45, 2.75) is 25.3 Å². The van der Waals surface area contributed by atoms with E-state index in [4.69, 9.17) is 19.9 Å². The second kappa shape index (κ2) is 5.89. The first kappa shape index (κ1) is 13.5. The molecule has 1 aliphatic heterocycles. The van der Waals surface area contributed by atoms with Crippen molar-refractivity contribution in [3.63, 3.8) is 0 Å². The number of benzene rings is 1. The van der Waals surface area contributed by atoms with Gasteiger partial charge in [-0.2, -0.15) is 0 Å². The van der Waals surface area contributed by atoms with Crippen molar-refractivity contribution < 1.29 is 14.2 Å². The van der Waals surface area contributed by atoms with Crippen LogP contribution in [-0.2, 0) is 0 Å². The maximum Gasteiger partial charge on any atom is 0.231 e. The Morgan fingerprint density at radius 2 is 2.25 bits per heavy atom. The number of fused-ring (bicyclic) bond motifs is 1. The summed E-state index contributed by atoms with van der Waals surface area (Å²) in [5, 5.41) is 3.52. The lowest BCUT2D eigenvalue weighted by Gasteiger charge is -2.18. The standard InChI is InChI=1S/C15H22N2O3/c1-18-13-6-11(7-14-15(13)20-9-19-14)12(8-16)17-5-4-10-2-3-10/h6-7,10,12,17H,2-5,8-9,16H2,1H3. The molecule has 3 N–H and O–H groups in total. The lowest BCUT2D eigenvalue weighted by atomic mass is 10.1. The molecule has 0 bridgehead atoms. The fraction of sp³-hybridized carbons (Fsp3) is 0.600. The van der Waals surface area contributed by atoms with Crippen molar-refractivity contribution in [3.05, 3.63) is 17.7 Å². The third-order valence-electron chi connectivity index (χ3n) is 3.96. The van der Waals surface area contributed by atoms with Gasteiger partial charge >= 0.3 is 0 Å². The molecule has 3 rings (SSSR count). The third kappa shape index (κ3) is 2.83. The summed E-state index contributed by atoms with van der Waals surface area (Å²) < 4.78 is 16.2. The topological polar surface area (TPSA) is 65.7 Å². The van der Waals surface area contributed by atoms with Gasteiger partial charge in [-0.25, -0.2) is 0 Å². The van der Waals surface area contributed by atoms with E-state index in [1.54, 1.807) is 7.11 Å². The normalized spacial score (nSPS) is 18.1. The van der Waals surface area contributed by atoms with E-state index in [0.717, 1.165) is 23.8 Å². The van der Waals surface area contributed by atoms with Crippen LogP contribution >= 0.6 is 0 Å². The van der Waals surface area contributed by atoms with E-state index in [1.807, 2.05) is 12.1 Å². The fourth-order valence-electron chi connectivity index (χ4n) is 2.56. The van der Waals surface area contributed by atoms with E-state index in [9.17, 15) is 0 Å². The van der Waals surface area contributed by atoms with Gasteiger partial charge in [-0.1, -0.05) is 12.8 Å². The zero-order chi connectivity index (χ0) is 13.9. The molecule has 1 saturated carbocycles. The number of hydrogen-bond acceptors (Lipinski definition) is 5. The van der Waals surface area contributed by atoms with Crippen LogP contribution in [0.5, 0.6) is 17.2 Å². The Bertz CT molecular complexity index is 474. The van der Waals surface area contributed by atoms with Crippen LogP contribution in [0.4, 0.5) is 0 Å². The van der Waals surface area contributed by atoms with Crippen molar-refractivity contribution >= 4 is 0 Å². The van der Waals surface area contributed by atoms with Gasteiger partial charge < -0.3 is 25.3 Å². The summed E-state index contributed by atoms with van der Waals surface area (Å²) in [6.45, 7) is 1.80. The molecule has 110 valence electrons. The van der Waals surface area contributed by atoms with Crippen LogP contribution in [0.15, 0.2) is 12.1 Å². The molecule has 1 heterocycles. The van der Waals surface area contributed by atoms with Crippen LogP contribution in [0.3, 0.4) is 0 Å². The average Bonchev–Trinajstić information content (AvgIpc) is 3.17. The number of rotatable bonds is 7. The maximum absolute atomic E-state index is 5.90. The van der Waals surface area contributed by atoms with E-state index in [0.29, 0.717) is 18.0 Å².